The van der Waals surface area contributed by atoms with Crippen LogP contribution in [0.25, 0.3) is 0 Å². The number of aliphatic hydroxyl groups excluding tert-OH is 1. The zero-order chi connectivity index (χ0) is 13.0. The van der Waals surface area contributed by atoms with Crippen LogP contribution in [-0.2, 0) is 6.42 Å². The van der Waals surface area contributed by atoms with Gasteiger partial charge in [0.25, 0.3) is 0 Å². The van der Waals surface area contributed by atoms with E-state index in [1.54, 1.807) is 0 Å². The van der Waals surface area contributed by atoms with Gasteiger partial charge in [-0.05, 0) is 42.2 Å². The Morgan fingerprint density at radius 2 is 2.00 bits per heavy atom. The molecule has 2 rings (SSSR count). The van der Waals surface area contributed by atoms with Crippen LogP contribution in [0.2, 0.25) is 0 Å². The van der Waals surface area contributed by atoms with Gasteiger partial charge in [0.15, 0.2) is 0 Å². The smallest absolute Gasteiger partial charge is 0.122 e. The summed E-state index contributed by atoms with van der Waals surface area (Å²) in [4.78, 5) is 0. The lowest BCUT2D eigenvalue weighted by Gasteiger charge is -2.31. The highest BCUT2D eigenvalue weighted by molar-refractivity contribution is 5.43. The van der Waals surface area contributed by atoms with Crippen molar-refractivity contribution in [1.82, 2.24) is 0 Å². The molecule has 0 heterocycles. The van der Waals surface area contributed by atoms with Gasteiger partial charge in [-0.2, -0.15) is 0 Å². The number of benzene rings is 1. The molecule has 100 valence electrons. The third kappa shape index (κ3) is 2.69. The molecule has 0 spiro atoms. The van der Waals surface area contributed by atoms with Gasteiger partial charge in [0.2, 0.25) is 0 Å². The fraction of sp³-hybridized carbons (Fsp3) is 0.625. The average molecular weight is 248 g/mol. The van der Waals surface area contributed by atoms with Gasteiger partial charge in [-0.1, -0.05) is 44.4 Å². The monoisotopic (exact) mass is 248 g/mol. The van der Waals surface area contributed by atoms with Gasteiger partial charge in [0, 0.05) is 6.61 Å². The van der Waals surface area contributed by atoms with E-state index >= 15 is 0 Å². The van der Waals surface area contributed by atoms with Crippen LogP contribution in [0.4, 0.5) is 0 Å². The standard InChI is InChI=1S/C16H24O2/c1-2-6-12-8-5-10-15(16(12)18)14-9-4-3-7-13(14)11-17/h5,8,10,13-14,17-18H,2-4,6-7,9,11H2,1H3/t13?,14-/m0/s1. The quantitative estimate of drug-likeness (QED) is 0.854. The minimum Gasteiger partial charge on any atom is -0.507 e. The average Bonchev–Trinajstić information content (AvgIpc) is 2.41. The zero-order valence-electron chi connectivity index (χ0n) is 11.2. The van der Waals surface area contributed by atoms with Gasteiger partial charge < -0.3 is 10.2 Å². The summed E-state index contributed by atoms with van der Waals surface area (Å²) in [6, 6.07) is 6.09. The number of hydrogen-bond acceptors (Lipinski definition) is 2. The maximum atomic E-state index is 10.4. The molecule has 2 heteroatoms. The van der Waals surface area contributed by atoms with E-state index in [1.165, 1.54) is 12.8 Å². The van der Waals surface area contributed by atoms with Crippen molar-refractivity contribution in [2.45, 2.75) is 51.4 Å². The minimum atomic E-state index is 0.238. The largest absolute Gasteiger partial charge is 0.507 e. The van der Waals surface area contributed by atoms with E-state index < -0.39 is 0 Å². The third-order valence-electron chi connectivity index (χ3n) is 4.21. The van der Waals surface area contributed by atoms with Gasteiger partial charge in [-0.3, -0.25) is 0 Å². The Morgan fingerprint density at radius 1 is 1.22 bits per heavy atom. The predicted molar refractivity (Wildman–Crippen MR) is 73.9 cm³/mol. The Hall–Kier alpha value is -1.02. The first-order valence-electron chi connectivity index (χ1n) is 7.19. The molecule has 0 radical (unpaired) electrons. The topological polar surface area (TPSA) is 40.5 Å². The van der Waals surface area contributed by atoms with Crippen molar-refractivity contribution in [3.63, 3.8) is 0 Å². The van der Waals surface area contributed by atoms with Gasteiger partial charge in [-0.25, -0.2) is 0 Å². The highest BCUT2D eigenvalue weighted by Gasteiger charge is 2.28. The molecule has 2 nitrogen and oxygen atoms in total. The number of phenols is 1. The molecule has 1 saturated carbocycles. The van der Waals surface area contributed by atoms with Crippen molar-refractivity contribution >= 4 is 0 Å². The Kier molecular flexibility index (Phi) is 4.65. The number of aryl methyl sites for hydroxylation is 1. The van der Waals surface area contributed by atoms with Crippen molar-refractivity contribution in [3.05, 3.63) is 29.3 Å². The van der Waals surface area contributed by atoms with Crippen molar-refractivity contribution in [1.29, 1.82) is 0 Å². The van der Waals surface area contributed by atoms with Crippen LogP contribution in [0.3, 0.4) is 0 Å². The van der Waals surface area contributed by atoms with Crippen LogP contribution in [-0.4, -0.2) is 16.8 Å². The SMILES string of the molecule is CCCc1cccc([C@H]2CCCCC2CO)c1O. The Morgan fingerprint density at radius 3 is 2.72 bits per heavy atom. The van der Waals surface area contributed by atoms with Crippen molar-refractivity contribution in [2.75, 3.05) is 6.61 Å². The van der Waals surface area contributed by atoms with Gasteiger partial charge in [0.1, 0.15) is 5.75 Å². The second kappa shape index (κ2) is 6.24. The van der Waals surface area contributed by atoms with Crippen molar-refractivity contribution in [2.24, 2.45) is 5.92 Å². The molecule has 18 heavy (non-hydrogen) atoms. The van der Waals surface area contributed by atoms with Crippen LogP contribution in [0.1, 0.15) is 56.1 Å². The van der Waals surface area contributed by atoms with E-state index in [1.807, 2.05) is 18.2 Å². The molecule has 1 aromatic carbocycles. The number of hydrogen-bond donors (Lipinski definition) is 2. The summed E-state index contributed by atoms with van der Waals surface area (Å²) < 4.78 is 0. The summed E-state index contributed by atoms with van der Waals surface area (Å²) in [7, 11) is 0. The first kappa shape index (κ1) is 13.4. The van der Waals surface area contributed by atoms with E-state index in [-0.39, 0.29) is 6.61 Å². The normalized spacial score (nSPS) is 24.1. The highest BCUT2D eigenvalue weighted by atomic mass is 16.3. The van der Waals surface area contributed by atoms with Crippen molar-refractivity contribution < 1.29 is 10.2 Å². The molecule has 0 bridgehead atoms. The number of rotatable bonds is 4. The molecule has 0 aromatic heterocycles. The fourth-order valence-corrected chi connectivity index (χ4v) is 3.22. The van der Waals surface area contributed by atoms with Crippen LogP contribution < -0.4 is 0 Å². The van der Waals surface area contributed by atoms with Gasteiger partial charge in [0.05, 0.1) is 0 Å². The van der Waals surface area contributed by atoms with E-state index in [4.69, 9.17) is 0 Å². The number of aromatic hydroxyl groups is 1. The van der Waals surface area contributed by atoms with Gasteiger partial charge in [-0.15, -0.1) is 0 Å². The lowest BCUT2D eigenvalue weighted by molar-refractivity contribution is 0.168. The predicted octanol–water partition coefficient (Wildman–Crippen LogP) is 3.61. The first-order chi connectivity index (χ1) is 8.77. The van der Waals surface area contributed by atoms with E-state index in [0.717, 1.165) is 36.8 Å². The number of aliphatic hydroxyl groups is 1. The molecule has 0 amide bonds. The molecule has 1 unspecified atom stereocenters. The summed E-state index contributed by atoms with van der Waals surface area (Å²) in [5, 5.41) is 19.9. The highest BCUT2D eigenvalue weighted by Crippen LogP contribution is 2.42. The van der Waals surface area contributed by atoms with Crippen LogP contribution >= 0.6 is 0 Å². The Bertz CT molecular complexity index is 387. The lowest BCUT2D eigenvalue weighted by Crippen LogP contribution is -2.21. The molecule has 0 saturated heterocycles. The molecular weight excluding hydrogens is 224 g/mol. The second-order valence-corrected chi connectivity index (χ2v) is 5.44. The maximum absolute atomic E-state index is 10.4. The molecule has 1 fully saturated rings. The molecular formula is C16H24O2. The summed E-state index contributed by atoms with van der Waals surface area (Å²) in [5.74, 6) is 1.13. The lowest BCUT2D eigenvalue weighted by atomic mass is 9.75. The summed E-state index contributed by atoms with van der Waals surface area (Å²) in [5.41, 5.74) is 2.11. The summed E-state index contributed by atoms with van der Waals surface area (Å²) in [6.45, 7) is 2.37. The maximum Gasteiger partial charge on any atom is 0.122 e. The Labute approximate surface area is 110 Å². The molecule has 1 aromatic rings. The summed E-state index contributed by atoms with van der Waals surface area (Å²) >= 11 is 0. The van der Waals surface area contributed by atoms with E-state index in [0.29, 0.717) is 17.6 Å². The third-order valence-corrected chi connectivity index (χ3v) is 4.21. The first-order valence-corrected chi connectivity index (χ1v) is 7.19. The van der Waals surface area contributed by atoms with E-state index in [2.05, 4.69) is 6.92 Å². The Balaban J connectivity index is 2.28. The van der Waals surface area contributed by atoms with Gasteiger partial charge >= 0.3 is 0 Å². The molecule has 1 aliphatic rings. The molecule has 2 N–H and O–H groups in total. The van der Waals surface area contributed by atoms with Crippen LogP contribution in [0.15, 0.2) is 18.2 Å². The van der Waals surface area contributed by atoms with E-state index in [9.17, 15) is 10.2 Å². The summed E-state index contributed by atoms with van der Waals surface area (Å²) in [6.07, 6.45) is 6.56. The fourth-order valence-electron chi connectivity index (χ4n) is 3.22. The molecule has 1 aliphatic carbocycles. The number of phenolic OH excluding ortho intramolecular Hbond substituents is 1. The number of para-hydroxylation sites is 1. The van der Waals surface area contributed by atoms with Crippen molar-refractivity contribution in [3.8, 4) is 5.75 Å². The van der Waals surface area contributed by atoms with Crippen LogP contribution in [0, 0.1) is 5.92 Å². The second-order valence-electron chi connectivity index (χ2n) is 5.44. The molecule has 0 aliphatic heterocycles. The van der Waals surface area contributed by atoms with Crippen LogP contribution in [0.5, 0.6) is 5.75 Å². The minimum absolute atomic E-state index is 0.238. The zero-order valence-corrected chi connectivity index (χ0v) is 11.2. The molecule has 2 atom stereocenters.